The van der Waals surface area contributed by atoms with E-state index in [0.717, 1.165) is 11.4 Å². The van der Waals surface area contributed by atoms with Crippen molar-refractivity contribution >= 4 is 33.2 Å². The Morgan fingerprint density at radius 1 is 1.28 bits per heavy atom. The van der Waals surface area contributed by atoms with Crippen molar-refractivity contribution in [3.05, 3.63) is 24.3 Å². The second-order valence-corrected chi connectivity index (χ2v) is 7.45. The van der Waals surface area contributed by atoms with E-state index in [2.05, 4.69) is 10.0 Å². The maximum Gasteiger partial charge on any atom is 0.232 e. The van der Waals surface area contributed by atoms with E-state index in [1.54, 1.807) is 19.1 Å². The van der Waals surface area contributed by atoms with Crippen LogP contribution < -0.4 is 10.0 Å². The highest BCUT2D eigenvalue weighted by molar-refractivity contribution is 7.99. The third-order valence-electron chi connectivity index (χ3n) is 2.84. The maximum absolute atomic E-state index is 11.4. The lowest BCUT2D eigenvalue weighted by molar-refractivity contribution is 0.602. The summed E-state index contributed by atoms with van der Waals surface area (Å²) < 4.78 is 25.3. The molecule has 1 aliphatic heterocycles. The number of rotatable bonds is 5. The molecule has 1 unspecified atom stereocenters. The molecule has 4 nitrogen and oxygen atoms in total. The zero-order valence-electron chi connectivity index (χ0n) is 10.3. The first kappa shape index (κ1) is 13.5. The summed E-state index contributed by atoms with van der Waals surface area (Å²) in [6.07, 6.45) is 1.19. The molecular formula is C12H18N2O2S2. The predicted octanol–water partition coefficient (Wildman–Crippen LogP) is 2.37. The number of nitrogens with one attached hydrogen (secondary N) is 2. The van der Waals surface area contributed by atoms with Crippen molar-refractivity contribution in [2.75, 3.05) is 27.3 Å². The second kappa shape index (κ2) is 5.84. The van der Waals surface area contributed by atoms with Crippen LogP contribution in [0.5, 0.6) is 0 Å². The fourth-order valence-corrected chi connectivity index (χ4v) is 3.56. The minimum Gasteiger partial charge on any atom is -0.381 e. The fraction of sp³-hybridized carbons (Fsp3) is 0.500. The van der Waals surface area contributed by atoms with Crippen molar-refractivity contribution in [3.63, 3.8) is 0 Å². The molecule has 2 N–H and O–H groups in total. The normalized spacial score (nSPS) is 19.7. The molecular weight excluding hydrogens is 268 g/mol. The van der Waals surface area contributed by atoms with Gasteiger partial charge in [-0.05, 0) is 43.4 Å². The molecule has 0 spiro atoms. The monoisotopic (exact) mass is 286 g/mol. The number of benzene rings is 1. The van der Waals surface area contributed by atoms with Crippen LogP contribution in [0.15, 0.2) is 24.3 Å². The van der Waals surface area contributed by atoms with Gasteiger partial charge in [0.15, 0.2) is 0 Å². The van der Waals surface area contributed by atoms with Crippen molar-refractivity contribution in [2.45, 2.75) is 19.4 Å². The molecule has 0 aliphatic carbocycles. The summed E-state index contributed by atoms with van der Waals surface area (Å²) in [5, 5.41) is 3.45. The van der Waals surface area contributed by atoms with Gasteiger partial charge in [0.1, 0.15) is 0 Å². The van der Waals surface area contributed by atoms with Crippen LogP contribution in [0.25, 0.3) is 0 Å². The van der Waals surface area contributed by atoms with Gasteiger partial charge in [-0.25, -0.2) is 8.42 Å². The molecule has 0 aromatic heterocycles. The third-order valence-corrected chi connectivity index (χ3v) is 5.31. The average molecular weight is 286 g/mol. The summed E-state index contributed by atoms with van der Waals surface area (Å²) in [7, 11) is -3.18. The quantitative estimate of drug-likeness (QED) is 0.872. The van der Waals surface area contributed by atoms with Gasteiger partial charge in [-0.3, -0.25) is 4.72 Å². The lowest BCUT2D eigenvalue weighted by atomic mass is 10.2. The lowest BCUT2D eigenvalue weighted by Gasteiger charge is -2.13. The lowest BCUT2D eigenvalue weighted by Crippen LogP contribution is -2.18. The van der Waals surface area contributed by atoms with Gasteiger partial charge in [0.05, 0.1) is 5.75 Å². The highest BCUT2D eigenvalue weighted by Crippen LogP contribution is 2.22. The SMILES string of the molecule is CCS(=O)(=O)Nc1ccc(NC2CCSC2)cc1. The summed E-state index contributed by atoms with van der Waals surface area (Å²) in [5.41, 5.74) is 1.66. The molecule has 1 fully saturated rings. The summed E-state index contributed by atoms with van der Waals surface area (Å²) in [6.45, 7) is 1.62. The third kappa shape index (κ3) is 3.81. The molecule has 2 rings (SSSR count). The molecule has 1 aromatic carbocycles. The Morgan fingerprint density at radius 3 is 2.50 bits per heavy atom. The van der Waals surface area contributed by atoms with Gasteiger partial charge in [0, 0.05) is 23.2 Å². The van der Waals surface area contributed by atoms with Gasteiger partial charge in [0.25, 0.3) is 0 Å². The second-order valence-electron chi connectivity index (χ2n) is 4.29. The Labute approximate surface area is 113 Å². The topological polar surface area (TPSA) is 58.2 Å². The molecule has 1 aliphatic rings. The Morgan fingerprint density at radius 2 is 1.94 bits per heavy atom. The van der Waals surface area contributed by atoms with Crippen molar-refractivity contribution in [1.29, 1.82) is 0 Å². The Balaban J connectivity index is 1.96. The van der Waals surface area contributed by atoms with E-state index in [-0.39, 0.29) is 5.75 Å². The van der Waals surface area contributed by atoms with Gasteiger partial charge < -0.3 is 5.32 Å². The van der Waals surface area contributed by atoms with Crippen molar-refractivity contribution in [3.8, 4) is 0 Å². The predicted molar refractivity (Wildman–Crippen MR) is 78.9 cm³/mol. The zero-order valence-corrected chi connectivity index (χ0v) is 12.0. The molecule has 100 valence electrons. The molecule has 6 heteroatoms. The molecule has 1 aromatic rings. The number of thioether (sulfide) groups is 1. The summed E-state index contributed by atoms with van der Waals surface area (Å²) in [6, 6.07) is 7.94. The van der Waals surface area contributed by atoms with Crippen molar-refractivity contribution in [1.82, 2.24) is 0 Å². The van der Waals surface area contributed by atoms with Crippen LogP contribution in [0.1, 0.15) is 13.3 Å². The van der Waals surface area contributed by atoms with E-state index < -0.39 is 10.0 Å². The molecule has 1 atom stereocenters. The van der Waals surface area contributed by atoms with Gasteiger partial charge >= 0.3 is 0 Å². The molecule has 18 heavy (non-hydrogen) atoms. The standard InChI is InChI=1S/C12H18N2O2S2/c1-2-18(15,16)14-11-5-3-10(4-6-11)13-12-7-8-17-9-12/h3-6,12-14H,2,7-9H2,1H3. The molecule has 0 amide bonds. The Kier molecular flexibility index (Phi) is 4.40. The van der Waals surface area contributed by atoms with Crippen LogP contribution in [0, 0.1) is 0 Å². The number of anilines is 2. The van der Waals surface area contributed by atoms with Gasteiger partial charge in [-0.15, -0.1) is 0 Å². The molecule has 0 saturated carbocycles. The first-order valence-electron chi connectivity index (χ1n) is 6.04. The van der Waals surface area contributed by atoms with E-state index in [9.17, 15) is 8.42 Å². The van der Waals surface area contributed by atoms with E-state index in [1.165, 1.54) is 12.2 Å². The highest BCUT2D eigenvalue weighted by Gasteiger charge is 2.14. The number of hydrogen-bond acceptors (Lipinski definition) is 4. The number of hydrogen-bond donors (Lipinski definition) is 2. The van der Waals surface area contributed by atoms with Crippen molar-refractivity contribution in [2.24, 2.45) is 0 Å². The summed E-state index contributed by atoms with van der Waals surface area (Å²) >= 11 is 1.96. The van der Waals surface area contributed by atoms with E-state index in [4.69, 9.17) is 0 Å². The first-order chi connectivity index (χ1) is 8.59. The molecule has 1 heterocycles. The Hall–Kier alpha value is -0.880. The van der Waals surface area contributed by atoms with Crippen LogP contribution in [-0.2, 0) is 10.0 Å². The minimum absolute atomic E-state index is 0.0896. The first-order valence-corrected chi connectivity index (χ1v) is 8.84. The molecule has 1 saturated heterocycles. The van der Waals surface area contributed by atoms with Crippen LogP contribution in [0.2, 0.25) is 0 Å². The highest BCUT2D eigenvalue weighted by atomic mass is 32.2. The van der Waals surface area contributed by atoms with Crippen LogP contribution in [0.3, 0.4) is 0 Å². The van der Waals surface area contributed by atoms with Crippen LogP contribution in [-0.4, -0.2) is 31.7 Å². The van der Waals surface area contributed by atoms with E-state index in [0.29, 0.717) is 11.7 Å². The van der Waals surface area contributed by atoms with E-state index in [1.807, 2.05) is 23.9 Å². The van der Waals surface area contributed by atoms with Crippen LogP contribution in [0.4, 0.5) is 11.4 Å². The Bertz CT molecular complexity index is 479. The van der Waals surface area contributed by atoms with Crippen LogP contribution >= 0.6 is 11.8 Å². The molecule has 0 radical (unpaired) electrons. The van der Waals surface area contributed by atoms with E-state index >= 15 is 0 Å². The summed E-state index contributed by atoms with van der Waals surface area (Å²) in [4.78, 5) is 0. The fourth-order valence-electron chi connectivity index (χ4n) is 1.77. The number of sulfonamides is 1. The average Bonchev–Trinajstić information content (AvgIpc) is 2.84. The van der Waals surface area contributed by atoms with Gasteiger partial charge in [-0.2, -0.15) is 11.8 Å². The van der Waals surface area contributed by atoms with Crippen molar-refractivity contribution < 1.29 is 8.42 Å². The molecule has 0 bridgehead atoms. The zero-order chi connectivity index (χ0) is 13.0. The minimum atomic E-state index is -3.18. The maximum atomic E-state index is 11.4. The summed E-state index contributed by atoms with van der Waals surface area (Å²) in [5.74, 6) is 2.45. The van der Waals surface area contributed by atoms with Gasteiger partial charge in [-0.1, -0.05) is 0 Å². The smallest absolute Gasteiger partial charge is 0.232 e. The van der Waals surface area contributed by atoms with Gasteiger partial charge in [0.2, 0.25) is 10.0 Å². The largest absolute Gasteiger partial charge is 0.381 e.